The number of fused-ring (bicyclic) bond motifs is 1. The molecule has 1 unspecified atom stereocenters. The number of rotatable bonds is 5. The number of carbonyl (C=O) groups is 3. The van der Waals surface area contributed by atoms with Gasteiger partial charge in [0.2, 0.25) is 11.8 Å². The van der Waals surface area contributed by atoms with Gasteiger partial charge in [0.25, 0.3) is 5.91 Å². The molecule has 0 N–H and O–H groups in total. The number of carbonyl (C=O) groups excluding carboxylic acids is 3. The minimum Gasteiger partial charge on any atom is -0.376 e. The van der Waals surface area contributed by atoms with Gasteiger partial charge in [0.15, 0.2) is 5.13 Å². The molecule has 0 saturated carbocycles. The van der Waals surface area contributed by atoms with Crippen LogP contribution in [0.4, 0.5) is 10.8 Å². The van der Waals surface area contributed by atoms with Crippen molar-refractivity contribution in [3.05, 3.63) is 53.1 Å². The van der Waals surface area contributed by atoms with E-state index < -0.39 is 0 Å². The first-order chi connectivity index (χ1) is 15.9. The zero-order valence-electron chi connectivity index (χ0n) is 18.7. The second-order valence-electron chi connectivity index (χ2n) is 8.65. The van der Waals surface area contributed by atoms with E-state index in [-0.39, 0.29) is 36.7 Å². The zero-order chi connectivity index (χ0) is 23.1. The summed E-state index contributed by atoms with van der Waals surface area (Å²) in [5.74, 6) is -0.594. The number of benzene rings is 2. The topological polar surface area (TPSA) is 79.8 Å². The molecule has 0 bridgehead atoms. The Kier molecular flexibility index (Phi) is 5.72. The van der Waals surface area contributed by atoms with Crippen LogP contribution in [0.2, 0.25) is 0 Å². The number of nitrogens with zero attached hydrogens (tertiary/aromatic N) is 3. The first kappa shape index (κ1) is 21.7. The van der Waals surface area contributed by atoms with Crippen LogP contribution in [0, 0.1) is 13.8 Å². The van der Waals surface area contributed by atoms with Gasteiger partial charge in [0.1, 0.15) is 0 Å². The Morgan fingerprint density at radius 2 is 1.88 bits per heavy atom. The summed E-state index contributed by atoms with van der Waals surface area (Å²) in [6, 6.07) is 10.8. The van der Waals surface area contributed by atoms with E-state index in [4.69, 9.17) is 9.72 Å². The second-order valence-corrected chi connectivity index (χ2v) is 9.65. The second kappa shape index (κ2) is 8.68. The van der Waals surface area contributed by atoms with Crippen molar-refractivity contribution >= 4 is 50.1 Å². The molecule has 7 nitrogen and oxygen atoms in total. The Hall–Kier alpha value is -3.10. The molecule has 170 valence electrons. The Bertz CT molecular complexity index is 1230. The van der Waals surface area contributed by atoms with Crippen molar-refractivity contribution < 1.29 is 19.1 Å². The molecule has 0 aliphatic carbocycles. The molecule has 2 aliphatic rings. The highest BCUT2D eigenvalue weighted by Gasteiger charge is 2.31. The fourth-order valence-electron chi connectivity index (χ4n) is 4.49. The van der Waals surface area contributed by atoms with E-state index in [2.05, 4.69) is 19.1 Å². The standard InChI is InChI=1S/C25H25N3O4S/c1-15-12-16(2)23-20(13-15)33-25(26-23)27(14-19-4-3-11-32-19)24(31)17-5-7-18(8-6-17)28-21(29)9-10-22(28)30/h5-8,12-13,19H,3-4,9-11,14H2,1-2H3. The smallest absolute Gasteiger partial charge is 0.260 e. The Morgan fingerprint density at radius 3 is 2.55 bits per heavy atom. The lowest BCUT2D eigenvalue weighted by Gasteiger charge is -2.23. The molecule has 5 rings (SSSR count). The molecule has 3 aromatic rings. The lowest BCUT2D eigenvalue weighted by molar-refractivity contribution is -0.121. The molecule has 0 spiro atoms. The van der Waals surface area contributed by atoms with Crippen LogP contribution in [0.1, 0.15) is 47.2 Å². The lowest BCUT2D eigenvalue weighted by atomic mass is 10.1. The maximum Gasteiger partial charge on any atom is 0.260 e. The number of ether oxygens (including phenoxy) is 1. The van der Waals surface area contributed by atoms with Gasteiger partial charge in [-0.1, -0.05) is 17.4 Å². The molecule has 1 aromatic heterocycles. The summed E-state index contributed by atoms with van der Waals surface area (Å²) in [7, 11) is 0. The van der Waals surface area contributed by atoms with Crippen molar-refractivity contribution in [3.63, 3.8) is 0 Å². The Labute approximate surface area is 196 Å². The van der Waals surface area contributed by atoms with Crippen molar-refractivity contribution in [2.24, 2.45) is 0 Å². The number of hydrogen-bond donors (Lipinski definition) is 0. The van der Waals surface area contributed by atoms with Gasteiger partial charge in [0, 0.05) is 25.0 Å². The molecule has 33 heavy (non-hydrogen) atoms. The van der Waals surface area contributed by atoms with E-state index in [1.807, 2.05) is 6.92 Å². The number of hydrogen-bond acceptors (Lipinski definition) is 6. The number of aromatic nitrogens is 1. The summed E-state index contributed by atoms with van der Waals surface area (Å²) in [6.07, 6.45) is 2.32. The highest BCUT2D eigenvalue weighted by Crippen LogP contribution is 2.33. The van der Waals surface area contributed by atoms with Gasteiger partial charge in [0.05, 0.1) is 28.6 Å². The first-order valence-electron chi connectivity index (χ1n) is 11.2. The monoisotopic (exact) mass is 463 g/mol. The molecule has 3 heterocycles. The maximum absolute atomic E-state index is 13.6. The van der Waals surface area contributed by atoms with E-state index in [1.165, 1.54) is 16.2 Å². The summed E-state index contributed by atoms with van der Waals surface area (Å²) in [6.45, 7) is 5.22. The molecular formula is C25H25N3O4S. The van der Waals surface area contributed by atoms with Crippen LogP contribution in [-0.2, 0) is 14.3 Å². The van der Waals surface area contributed by atoms with Gasteiger partial charge in [-0.05, 0) is 68.1 Å². The highest BCUT2D eigenvalue weighted by molar-refractivity contribution is 7.22. The molecule has 0 radical (unpaired) electrons. The number of imide groups is 1. The Morgan fingerprint density at radius 1 is 1.15 bits per heavy atom. The Balaban J connectivity index is 1.47. The largest absolute Gasteiger partial charge is 0.376 e. The normalized spacial score (nSPS) is 18.5. The SMILES string of the molecule is Cc1cc(C)c2nc(N(CC3CCCO3)C(=O)c3ccc(N4C(=O)CCC4=O)cc3)sc2c1. The van der Waals surface area contributed by atoms with Crippen molar-refractivity contribution in [2.45, 2.75) is 45.6 Å². The van der Waals surface area contributed by atoms with Gasteiger partial charge in [-0.3, -0.25) is 24.2 Å². The van der Waals surface area contributed by atoms with Crippen LogP contribution < -0.4 is 9.80 Å². The molecule has 2 saturated heterocycles. The van der Waals surface area contributed by atoms with Crippen molar-refractivity contribution in [1.29, 1.82) is 0 Å². The molecule has 8 heteroatoms. The minimum absolute atomic E-state index is 0.0251. The summed E-state index contributed by atoms with van der Waals surface area (Å²) >= 11 is 1.51. The molecule has 1 atom stereocenters. The van der Waals surface area contributed by atoms with E-state index in [1.54, 1.807) is 29.2 Å². The maximum atomic E-state index is 13.6. The summed E-state index contributed by atoms with van der Waals surface area (Å²) in [4.78, 5) is 45.4. The molecule has 2 aromatic carbocycles. The van der Waals surface area contributed by atoms with Crippen molar-refractivity contribution in [2.75, 3.05) is 23.0 Å². The first-order valence-corrected chi connectivity index (χ1v) is 12.0. The fraction of sp³-hybridized carbons (Fsp3) is 0.360. The van der Waals surface area contributed by atoms with E-state index in [0.29, 0.717) is 29.5 Å². The molecule has 2 fully saturated rings. The predicted molar refractivity (Wildman–Crippen MR) is 128 cm³/mol. The number of aryl methyl sites for hydroxylation is 2. The van der Waals surface area contributed by atoms with Crippen LogP contribution in [0.5, 0.6) is 0 Å². The van der Waals surface area contributed by atoms with Gasteiger partial charge in [-0.15, -0.1) is 0 Å². The zero-order valence-corrected chi connectivity index (χ0v) is 19.5. The number of thiazole rings is 1. The van der Waals surface area contributed by atoms with Crippen LogP contribution in [-0.4, -0.2) is 42.0 Å². The summed E-state index contributed by atoms with van der Waals surface area (Å²) < 4.78 is 6.87. The van der Waals surface area contributed by atoms with Gasteiger partial charge >= 0.3 is 0 Å². The van der Waals surface area contributed by atoms with E-state index in [9.17, 15) is 14.4 Å². The molecule has 2 aliphatic heterocycles. The van der Waals surface area contributed by atoms with Gasteiger partial charge in [-0.25, -0.2) is 4.98 Å². The van der Waals surface area contributed by atoms with Crippen LogP contribution in [0.3, 0.4) is 0 Å². The van der Waals surface area contributed by atoms with Gasteiger partial charge in [-0.2, -0.15) is 0 Å². The third-order valence-electron chi connectivity index (χ3n) is 6.13. The third-order valence-corrected chi connectivity index (χ3v) is 7.15. The highest BCUT2D eigenvalue weighted by atomic mass is 32.1. The number of anilines is 2. The third kappa shape index (κ3) is 4.16. The van der Waals surface area contributed by atoms with Gasteiger partial charge < -0.3 is 4.74 Å². The average Bonchev–Trinajstić information content (AvgIpc) is 3.52. The fourth-order valence-corrected chi connectivity index (χ4v) is 5.64. The molecular weight excluding hydrogens is 438 g/mol. The minimum atomic E-state index is -0.209. The predicted octanol–water partition coefficient (Wildman–Crippen LogP) is 4.39. The van der Waals surface area contributed by atoms with Crippen LogP contribution in [0.15, 0.2) is 36.4 Å². The van der Waals surface area contributed by atoms with Crippen LogP contribution >= 0.6 is 11.3 Å². The van der Waals surface area contributed by atoms with Crippen molar-refractivity contribution in [3.8, 4) is 0 Å². The molecule has 3 amide bonds. The lowest BCUT2D eigenvalue weighted by Crippen LogP contribution is -2.37. The van der Waals surface area contributed by atoms with E-state index >= 15 is 0 Å². The van der Waals surface area contributed by atoms with E-state index in [0.717, 1.165) is 34.2 Å². The summed E-state index contributed by atoms with van der Waals surface area (Å²) in [5, 5.41) is 0.646. The number of amides is 3. The quantitative estimate of drug-likeness (QED) is 0.524. The van der Waals surface area contributed by atoms with Crippen LogP contribution in [0.25, 0.3) is 10.2 Å². The summed E-state index contributed by atoms with van der Waals surface area (Å²) in [5.41, 5.74) is 4.13. The van der Waals surface area contributed by atoms with Crippen molar-refractivity contribution in [1.82, 2.24) is 4.98 Å². The average molecular weight is 464 g/mol.